The van der Waals surface area contributed by atoms with E-state index >= 15 is 0 Å². The Labute approximate surface area is 139 Å². The number of hydrogen-bond donors (Lipinski definition) is 1. The van der Waals surface area contributed by atoms with Crippen molar-refractivity contribution in [2.24, 2.45) is 0 Å². The van der Waals surface area contributed by atoms with Gasteiger partial charge in [0.25, 0.3) is 5.91 Å². The largest absolute Gasteiger partial charge is 0.464 e. The van der Waals surface area contributed by atoms with Crippen molar-refractivity contribution in [3.05, 3.63) is 20.8 Å². The van der Waals surface area contributed by atoms with Crippen LogP contribution in [0.3, 0.4) is 0 Å². The van der Waals surface area contributed by atoms with Crippen LogP contribution < -0.4 is 5.32 Å². The summed E-state index contributed by atoms with van der Waals surface area (Å²) in [6.45, 7) is 4.52. The quantitative estimate of drug-likeness (QED) is 0.737. The number of rotatable bonds is 5. The van der Waals surface area contributed by atoms with E-state index in [0.29, 0.717) is 23.4 Å². The molecule has 0 aromatic carbocycles. The standard InChI is InChI=1S/C13H16Br2N2O4/c1-3-20-10(13(19)21-4-2)9-6-16-12(18)8-5-7(14)11(15)17(8)9/h5,9-10H,3-4,6H2,1-2H3,(H,16,18). The molecule has 8 heteroatoms. The molecule has 0 aliphatic carbocycles. The summed E-state index contributed by atoms with van der Waals surface area (Å²) < 4.78 is 13.9. The highest BCUT2D eigenvalue weighted by molar-refractivity contribution is 9.13. The second kappa shape index (κ2) is 6.93. The van der Waals surface area contributed by atoms with Crippen molar-refractivity contribution in [1.29, 1.82) is 0 Å². The first kappa shape index (κ1) is 16.5. The first-order chi connectivity index (χ1) is 10.0. The van der Waals surface area contributed by atoms with Gasteiger partial charge in [-0.2, -0.15) is 0 Å². The smallest absolute Gasteiger partial charge is 0.337 e. The lowest BCUT2D eigenvalue weighted by Gasteiger charge is -2.32. The molecule has 1 N–H and O–H groups in total. The molecule has 2 atom stereocenters. The zero-order valence-electron chi connectivity index (χ0n) is 11.7. The van der Waals surface area contributed by atoms with E-state index in [1.807, 2.05) is 6.92 Å². The lowest BCUT2D eigenvalue weighted by Crippen LogP contribution is -2.47. The monoisotopic (exact) mass is 422 g/mol. The van der Waals surface area contributed by atoms with E-state index < -0.39 is 12.1 Å². The Morgan fingerprint density at radius 2 is 2.19 bits per heavy atom. The number of amides is 1. The molecule has 0 radical (unpaired) electrons. The minimum absolute atomic E-state index is 0.184. The number of hydrogen-bond acceptors (Lipinski definition) is 4. The maximum absolute atomic E-state index is 12.1. The minimum atomic E-state index is -0.773. The van der Waals surface area contributed by atoms with Gasteiger partial charge >= 0.3 is 5.97 Å². The highest BCUT2D eigenvalue weighted by Crippen LogP contribution is 2.34. The number of fused-ring (bicyclic) bond motifs is 1. The van der Waals surface area contributed by atoms with Crippen LogP contribution in [0.15, 0.2) is 15.1 Å². The molecule has 1 aliphatic rings. The van der Waals surface area contributed by atoms with Crippen molar-refractivity contribution in [3.63, 3.8) is 0 Å². The van der Waals surface area contributed by atoms with Crippen molar-refractivity contribution in [2.75, 3.05) is 19.8 Å². The predicted octanol–water partition coefficient (Wildman–Crippen LogP) is 2.27. The molecule has 1 aromatic rings. The third-order valence-electron chi connectivity index (χ3n) is 3.18. The second-order valence-electron chi connectivity index (χ2n) is 4.44. The van der Waals surface area contributed by atoms with E-state index in [-0.39, 0.29) is 18.6 Å². The number of halogens is 2. The topological polar surface area (TPSA) is 69.6 Å². The molecular weight excluding hydrogens is 408 g/mol. The molecule has 0 fully saturated rings. The zero-order valence-corrected chi connectivity index (χ0v) is 14.9. The van der Waals surface area contributed by atoms with Crippen LogP contribution in [0.1, 0.15) is 30.4 Å². The Hall–Kier alpha value is -0.860. The summed E-state index contributed by atoms with van der Waals surface area (Å²) in [6.07, 6.45) is -0.773. The van der Waals surface area contributed by atoms with E-state index in [4.69, 9.17) is 9.47 Å². The SMILES string of the molecule is CCOC(=O)C(OCC)C1CNC(=O)c2cc(Br)c(Br)n21. The Morgan fingerprint density at radius 1 is 1.48 bits per heavy atom. The number of nitrogens with zero attached hydrogens (tertiary/aromatic N) is 1. The van der Waals surface area contributed by atoms with Gasteiger partial charge in [-0.25, -0.2) is 4.79 Å². The van der Waals surface area contributed by atoms with E-state index in [1.54, 1.807) is 17.6 Å². The fraction of sp³-hybridized carbons (Fsp3) is 0.538. The minimum Gasteiger partial charge on any atom is -0.464 e. The van der Waals surface area contributed by atoms with Crippen LogP contribution in [-0.4, -0.2) is 42.3 Å². The van der Waals surface area contributed by atoms with Crippen LogP contribution in [-0.2, 0) is 14.3 Å². The van der Waals surface area contributed by atoms with E-state index in [0.717, 1.165) is 4.47 Å². The lowest BCUT2D eigenvalue weighted by atomic mass is 10.1. The van der Waals surface area contributed by atoms with E-state index in [9.17, 15) is 9.59 Å². The van der Waals surface area contributed by atoms with Gasteiger partial charge in [0.05, 0.1) is 17.1 Å². The average Bonchev–Trinajstić information content (AvgIpc) is 2.75. The first-order valence-corrected chi connectivity index (χ1v) is 8.22. The molecule has 1 amide bonds. The molecule has 1 aliphatic heterocycles. The highest BCUT2D eigenvalue weighted by Gasteiger charge is 2.38. The van der Waals surface area contributed by atoms with Crippen LogP contribution in [0, 0.1) is 0 Å². The number of esters is 1. The first-order valence-electron chi connectivity index (χ1n) is 6.63. The molecule has 116 valence electrons. The third-order valence-corrected chi connectivity index (χ3v) is 5.13. The van der Waals surface area contributed by atoms with Gasteiger partial charge in [-0.3, -0.25) is 4.79 Å². The molecule has 2 unspecified atom stereocenters. The predicted molar refractivity (Wildman–Crippen MR) is 83.2 cm³/mol. The second-order valence-corrected chi connectivity index (χ2v) is 6.05. The van der Waals surface area contributed by atoms with Crippen molar-refractivity contribution in [1.82, 2.24) is 9.88 Å². The van der Waals surface area contributed by atoms with Crippen LogP contribution in [0.25, 0.3) is 0 Å². The van der Waals surface area contributed by atoms with Gasteiger partial charge in [-0.15, -0.1) is 0 Å². The Bertz CT molecular complexity index is 559. The van der Waals surface area contributed by atoms with Gasteiger partial charge in [0.2, 0.25) is 0 Å². The van der Waals surface area contributed by atoms with Crippen LogP contribution in [0.4, 0.5) is 0 Å². The third kappa shape index (κ3) is 3.17. The van der Waals surface area contributed by atoms with Gasteiger partial charge in [0, 0.05) is 13.2 Å². The molecule has 2 heterocycles. The van der Waals surface area contributed by atoms with Crippen molar-refractivity contribution >= 4 is 43.7 Å². The van der Waals surface area contributed by atoms with Gasteiger partial charge in [0.1, 0.15) is 10.3 Å². The van der Waals surface area contributed by atoms with Gasteiger partial charge < -0.3 is 19.4 Å². The van der Waals surface area contributed by atoms with Crippen LogP contribution >= 0.6 is 31.9 Å². The van der Waals surface area contributed by atoms with E-state index in [1.165, 1.54) is 0 Å². The average molecular weight is 424 g/mol. The number of nitrogens with one attached hydrogen (secondary N) is 1. The Kier molecular flexibility index (Phi) is 5.45. The Balaban J connectivity index is 2.41. The molecule has 0 saturated heterocycles. The molecule has 0 spiro atoms. The van der Waals surface area contributed by atoms with Gasteiger partial charge in [-0.05, 0) is 51.8 Å². The van der Waals surface area contributed by atoms with Crippen molar-refractivity contribution in [3.8, 4) is 0 Å². The van der Waals surface area contributed by atoms with Crippen LogP contribution in [0.2, 0.25) is 0 Å². The molecule has 21 heavy (non-hydrogen) atoms. The molecular formula is C13H16Br2N2O4. The number of ether oxygens (including phenoxy) is 2. The van der Waals surface area contributed by atoms with Crippen molar-refractivity contribution < 1.29 is 19.1 Å². The molecule has 0 bridgehead atoms. The highest BCUT2D eigenvalue weighted by atomic mass is 79.9. The van der Waals surface area contributed by atoms with Gasteiger partial charge in [0.15, 0.2) is 6.10 Å². The van der Waals surface area contributed by atoms with E-state index in [2.05, 4.69) is 37.2 Å². The van der Waals surface area contributed by atoms with Crippen LogP contribution in [0.5, 0.6) is 0 Å². The maximum Gasteiger partial charge on any atom is 0.337 e. The maximum atomic E-state index is 12.1. The molecule has 0 saturated carbocycles. The summed E-state index contributed by atoms with van der Waals surface area (Å²) in [6, 6.07) is 1.34. The fourth-order valence-electron chi connectivity index (χ4n) is 2.33. The number of carbonyl (C=O) groups is 2. The van der Waals surface area contributed by atoms with Crippen molar-refractivity contribution in [2.45, 2.75) is 26.0 Å². The molecule has 6 nitrogen and oxygen atoms in total. The summed E-state index contributed by atoms with van der Waals surface area (Å²) >= 11 is 6.82. The number of carbonyl (C=O) groups excluding carboxylic acids is 2. The number of aromatic nitrogens is 1. The summed E-state index contributed by atoms with van der Waals surface area (Å²) in [5.74, 6) is -0.611. The Morgan fingerprint density at radius 3 is 2.81 bits per heavy atom. The normalized spacial score (nSPS) is 18.9. The molecule has 1 aromatic heterocycles. The summed E-state index contributed by atoms with van der Waals surface area (Å²) in [4.78, 5) is 24.1. The summed E-state index contributed by atoms with van der Waals surface area (Å²) in [7, 11) is 0. The zero-order chi connectivity index (χ0) is 15.6. The molecule has 2 rings (SSSR count). The fourth-order valence-corrected chi connectivity index (χ4v) is 3.31. The lowest BCUT2D eigenvalue weighted by molar-refractivity contribution is -0.159. The van der Waals surface area contributed by atoms with Gasteiger partial charge in [-0.1, -0.05) is 0 Å². The summed E-state index contributed by atoms with van der Waals surface area (Å²) in [5, 5.41) is 2.78. The summed E-state index contributed by atoms with van der Waals surface area (Å²) in [5.41, 5.74) is 0.471.